The first-order chi connectivity index (χ1) is 7.65. The van der Waals surface area contributed by atoms with Crippen LogP contribution in [0.5, 0.6) is 5.75 Å². The fourth-order valence-electron chi connectivity index (χ4n) is 1.48. The summed E-state index contributed by atoms with van der Waals surface area (Å²) in [6.45, 7) is 1.31. The summed E-state index contributed by atoms with van der Waals surface area (Å²) in [6, 6.07) is 7.04. The first-order valence-electron chi connectivity index (χ1n) is 5.07. The normalized spacial score (nSPS) is 15.8. The van der Waals surface area contributed by atoms with Crippen LogP contribution in [0.2, 0.25) is 5.02 Å². The van der Waals surface area contributed by atoms with Crippen molar-refractivity contribution in [3.05, 3.63) is 29.3 Å². The molecule has 0 aliphatic carbocycles. The molecule has 5 heteroatoms. The van der Waals surface area contributed by atoms with Gasteiger partial charge in [0.05, 0.1) is 0 Å². The topological polar surface area (TPSA) is 55.6 Å². The van der Waals surface area contributed by atoms with Crippen LogP contribution >= 0.6 is 11.6 Å². The lowest BCUT2D eigenvalue weighted by Crippen LogP contribution is -2.58. The van der Waals surface area contributed by atoms with Crippen molar-refractivity contribution < 1.29 is 9.53 Å². The van der Waals surface area contributed by atoms with Gasteiger partial charge in [0.1, 0.15) is 5.75 Å². The van der Waals surface area contributed by atoms with Gasteiger partial charge in [-0.05, 0) is 24.3 Å². The molecule has 0 atom stereocenters. The highest BCUT2D eigenvalue weighted by molar-refractivity contribution is 6.30. The Morgan fingerprint density at radius 2 is 2.06 bits per heavy atom. The summed E-state index contributed by atoms with van der Waals surface area (Å²) >= 11 is 5.73. The number of nitrogens with two attached hydrogens (primary N) is 1. The third kappa shape index (κ3) is 2.65. The molecule has 16 heavy (non-hydrogen) atoms. The highest BCUT2D eigenvalue weighted by Crippen LogP contribution is 2.15. The lowest BCUT2D eigenvalue weighted by atomic mass is 10.1. The smallest absolute Gasteiger partial charge is 0.260 e. The minimum atomic E-state index is -0.0309. The van der Waals surface area contributed by atoms with Crippen LogP contribution in [0.3, 0.4) is 0 Å². The summed E-state index contributed by atoms with van der Waals surface area (Å²) in [5.41, 5.74) is 5.58. The molecule has 4 nitrogen and oxygen atoms in total. The van der Waals surface area contributed by atoms with E-state index in [4.69, 9.17) is 22.1 Å². The summed E-state index contributed by atoms with van der Waals surface area (Å²) < 4.78 is 5.32. The van der Waals surface area contributed by atoms with Crippen molar-refractivity contribution in [1.82, 2.24) is 4.90 Å². The van der Waals surface area contributed by atoms with Gasteiger partial charge in [0.2, 0.25) is 0 Å². The monoisotopic (exact) mass is 240 g/mol. The molecule has 2 N–H and O–H groups in total. The Hall–Kier alpha value is -1.26. The Labute approximate surface area is 98.9 Å². The standard InChI is InChI=1S/C11H13ClN2O2/c12-8-1-3-10(4-2-8)16-7-11(15)14-5-9(13)6-14/h1-4,9H,5-7,13H2. The first-order valence-corrected chi connectivity index (χ1v) is 5.44. The van der Waals surface area contributed by atoms with Gasteiger partial charge < -0.3 is 15.4 Å². The summed E-state index contributed by atoms with van der Waals surface area (Å²) in [5.74, 6) is 0.610. The van der Waals surface area contributed by atoms with Crippen LogP contribution in [-0.4, -0.2) is 36.5 Å². The summed E-state index contributed by atoms with van der Waals surface area (Å²) in [4.78, 5) is 13.2. The van der Waals surface area contributed by atoms with E-state index in [-0.39, 0.29) is 18.6 Å². The van der Waals surface area contributed by atoms with Gasteiger partial charge in [-0.15, -0.1) is 0 Å². The molecule has 1 aromatic rings. The highest BCUT2D eigenvalue weighted by Gasteiger charge is 2.27. The van der Waals surface area contributed by atoms with Crippen molar-refractivity contribution in [2.75, 3.05) is 19.7 Å². The fourth-order valence-corrected chi connectivity index (χ4v) is 1.61. The second-order valence-corrected chi connectivity index (χ2v) is 4.24. The minimum Gasteiger partial charge on any atom is -0.484 e. The molecular formula is C11H13ClN2O2. The third-order valence-corrected chi connectivity index (χ3v) is 2.69. The molecule has 0 radical (unpaired) electrons. The van der Waals surface area contributed by atoms with Crippen molar-refractivity contribution >= 4 is 17.5 Å². The molecule has 1 heterocycles. The van der Waals surface area contributed by atoms with E-state index in [2.05, 4.69) is 0 Å². The van der Waals surface area contributed by atoms with Gasteiger partial charge in [-0.1, -0.05) is 11.6 Å². The van der Waals surface area contributed by atoms with Crippen LogP contribution in [0.1, 0.15) is 0 Å². The van der Waals surface area contributed by atoms with E-state index in [0.717, 1.165) is 0 Å². The Bertz CT molecular complexity index is 374. The van der Waals surface area contributed by atoms with Gasteiger partial charge in [0, 0.05) is 24.2 Å². The van der Waals surface area contributed by atoms with Crippen LogP contribution in [0.25, 0.3) is 0 Å². The molecule has 0 saturated carbocycles. The van der Waals surface area contributed by atoms with Crippen molar-refractivity contribution in [3.8, 4) is 5.75 Å². The molecule has 1 saturated heterocycles. The van der Waals surface area contributed by atoms with E-state index in [1.165, 1.54) is 0 Å². The quantitative estimate of drug-likeness (QED) is 0.854. The molecule has 0 unspecified atom stereocenters. The van der Waals surface area contributed by atoms with E-state index in [9.17, 15) is 4.79 Å². The van der Waals surface area contributed by atoms with Gasteiger partial charge in [0.25, 0.3) is 5.91 Å². The van der Waals surface area contributed by atoms with Gasteiger partial charge in [-0.2, -0.15) is 0 Å². The Morgan fingerprint density at radius 3 is 2.62 bits per heavy atom. The average molecular weight is 241 g/mol. The van der Waals surface area contributed by atoms with Crippen LogP contribution < -0.4 is 10.5 Å². The number of benzene rings is 1. The second-order valence-electron chi connectivity index (χ2n) is 3.80. The van der Waals surface area contributed by atoms with Crippen LogP contribution in [0, 0.1) is 0 Å². The maximum atomic E-state index is 11.5. The number of halogens is 1. The number of carbonyl (C=O) groups excluding carboxylic acids is 1. The number of carbonyl (C=O) groups is 1. The maximum Gasteiger partial charge on any atom is 0.260 e. The predicted molar refractivity (Wildman–Crippen MR) is 61.5 cm³/mol. The Morgan fingerprint density at radius 1 is 1.44 bits per heavy atom. The molecule has 0 bridgehead atoms. The number of likely N-dealkylation sites (tertiary alicyclic amines) is 1. The molecule has 0 aromatic heterocycles. The molecule has 1 amide bonds. The van der Waals surface area contributed by atoms with Gasteiger partial charge in [-0.25, -0.2) is 0 Å². The highest BCUT2D eigenvalue weighted by atomic mass is 35.5. The average Bonchev–Trinajstić information content (AvgIpc) is 2.24. The number of ether oxygens (including phenoxy) is 1. The Balaban J connectivity index is 1.79. The molecule has 1 aromatic carbocycles. The zero-order valence-corrected chi connectivity index (χ0v) is 9.48. The minimum absolute atomic E-state index is 0.0309. The van der Waals surface area contributed by atoms with Crippen molar-refractivity contribution in [1.29, 1.82) is 0 Å². The summed E-state index contributed by atoms with van der Waals surface area (Å²) in [5, 5.41) is 0.646. The van der Waals surface area contributed by atoms with Crippen molar-refractivity contribution in [2.45, 2.75) is 6.04 Å². The van der Waals surface area contributed by atoms with Gasteiger partial charge in [0.15, 0.2) is 6.61 Å². The number of hydrogen-bond acceptors (Lipinski definition) is 3. The van der Waals surface area contributed by atoms with Gasteiger partial charge >= 0.3 is 0 Å². The third-order valence-electron chi connectivity index (χ3n) is 2.44. The predicted octanol–water partition coefficient (Wildman–Crippen LogP) is 0.888. The van der Waals surface area contributed by atoms with E-state index in [1.54, 1.807) is 29.2 Å². The van der Waals surface area contributed by atoms with E-state index in [0.29, 0.717) is 23.9 Å². The largest absolute Gasteiger partial charge is 0.484 e. The molecule has 1 aliphatic rings. The lowest BCUT2D eigenvalue weighted by molar-refractivity contribution is -0.137. The molecule has 86 valence electrons. The van der Waals surface area contributed by atoms with E-state index in [1.807, 2.05) is 0 Å². The van der Waals surface area contributed by atoms with Crippen LogP contribution in [0.15, 0.2) is 24.3 Å². The Kier molecular flexibility index (Phi) is 3.31. The van der Waals surface area contributed by atoms with Crippen LogP contribution in [0.4, 0.5) is 0 Å². The van der Waals surface area contributed by atoms with Gasteiger partial charge in [-0.3, -0.25) is 4.79 Å². The molecular weight excluding hydrogens is 228 g/mol. The van der Waals surface area contributed by atoms with Crippen molar-refractivity contribution in [2.24, 2.45) is 5.73 Å². The number of rotatable bonds is 3. The van der Waals surface area contributed by atoms with Crippen molar-refractivity contribution in [3.63, 3.8) is 0 Å². The van der Waals surface area contributed by atoms with E-state index < -0.39 is 0 Å². The second kappa shape index (κ2) is 4.72. The zero-order chi connectivity index (χ0) is 11.5. The fraction of sp³-hybridized carbons (Fsp3) is 0.364. The van der Waals surface area contributed by atoms with Crippen LogP contribution in [-0.2, 0) is 4.79 Å². The zero-order valence-electron chi connectivity index (χ0n) is 8.73. The molecule has 1 aliphatic heterocycles. The lowest BCUT2D eigenvalue weighted by Gasteiger charge is -2.36. The summed E-state index contributed by atoms with van der Waals surface area (Å²) in [6.07, 6.45) is 0. The van der Waals surface area contributed by atoms with E-state index >= 15 is 0 Å². The number of hydrogen-bond donors (Lipinski definition) is 1. The molecule has 0 spiro atoms. The molecule has 2 rings (SSSR count). The number of amides is 1. The first kappa shape index (κ1) is 11.2. The summed E-state index contributed by atoms with van der Waals surface area (Å²) in [7, 11) is 0. The number of nitrogens with zero attached hydrogens (tertiary/aromatic N) is 1. The molecule has 1 fully saturated rings. The SMILES string of the molecule is NC1CN(C(=O)COc2ccc(Cl)cc2)C1. The maximum absolute atomic E-state index is 11.5.